The summed E-state index contributed by atoms with van der Waals surface area (Å²) in [6.07, 6.45) is 0. The van der Waals surface area contributed by atoms with Crippen LogP contribution in [0.2, 0.25) is 0 Å². The van der Waals surface area contributed by atoms with E-state index in [-0.39, 0.29) is 5.41 Å². The molecule has 2 heterocycles. The maximum atomic E-state index is 2.48. The topological polar surface area (TPSA) is 3.24 Å². The van der Waals surface area contributed by atoms with E-state index >= 15 is 0 Å². The van der Waals surface area contributed by atoms with E-state index in [4.69, 9.17) is 0 Å². The first-order chi connectivity index (χ1) is 25.5. The fraction of sp³-hybridized carbons (Fsp3) is 0.0612. The van der Waals surface area contributed by atoms with Gasteiger partial charge in [0.05, 0.1) is 5.69 Å². The first-order valence-corrected chi connectivity index (χ1v) is 19.6. The lowest BCUT2D eigenvalue weighted by molar-refractivity contribution is 0.660. The van der Waals surface area contributed by atoms with E-state index in [0.29, 0.717) is 0 Å². The van der Waals surface area contributed by atoms with Crippen molar-refractivity contribution in [1.29, 1.82) is 0 Å². The highest BCUT2D eigenvalue weighted by Gasteiger charge is 2.37. The van der Waals surface area contributed by atoms with Crippen molar-refractivity contribution in [2.45, 2.75) is 19.3 Å². The molecule has 0 saturated carbocycles. The summed E-state index contributed by atoms with van der Waals surface area (Å²) >= 11 is 3.78. The Morgan fingerprint density at radius 3 is 2.06 bits per heavy atom. The molecule has 0 fully saturated rings. The van der Waals surface area contributed by atoms with Gasteiger partial charge in [-0.15, -0.1) is 22.7 Å². The van der Waals surface area contributed by atoms with Crippen molar-refractivity contribution in [3.63, 3.8) is 0 Å². The minimum absolute atomic E-state index is 0.0822. The molecule has 0 saturated heterocycles. The van der Waals surface area contributed by atoms with E-state index in [1.807, 2.05) is 22.7 Å². The summed E-state index contributed by atoms with van der Waals surface area (Å²) < 4.78 is 5.30. The molecule has 1 nitrogen and oxygen atoms in total. The molecule has 0 N–H and O–H groups in total. The molecule has 8 aromatic carbocycles. The summed E-state index contributed by atoms with van der Waals surface area (Å²) in [5.74, 6) is 0. The van der Waals surface area contributed by atoms with Gasteiger partial charge in [-0.2, -0.15) is 0 Å². The minimum atomic E-state index is -0.0822. The number of fused-ring (bicyclic) bond motifs is 11. The van der Waals surface area contributed by atoms with Crippen molar-refractivity contribution in [2.75, 3.05) is 4.90 Å². The lowest BCUT2D eigenvalue weighted by Crippen LogP contribution is -2.16. The zero-order chi connectivity index (χ0) is 34.6. The molecule has 1 aliphatic carbocycles. The standard InChI is InChI=1S/C49H33NS2/c1-49(2)40-17-7-5-14-38(40)47-41(49)18-10-19-42(47)50(33-26-27-37-36-13-6-8-20-43(36)51-45(37)29-33)32-24-21-31(22-25-32)35-15-9-16-39-46-34-12-4-3-11-30(34)23-28-44(46)52-48(35)39/h3-29H,1-2H3. The summed E-state index contributed by atoms with van der Waals surface area (Å²) in [7, 11) is 0. The summed E-state index contributed by atoms with van der Waals surface area (Å²) in [5.41, 5.74) is 11.4. The van der Waals surface area contributed by atoms with Crippen LogP contribution >= 0.6 is 22.7 Å². The molecule has 246 valence electrons. The van der Waals surface area contributed by atoms with Crippen LogP contribution in [0.1, 0.15) is 25.0 Å². The normalized spacial score (nSPS) is 13.3. The van der Waals surface area contributed by atoms with Crippen molar-refractivity contribution in [1.82, 2.24) is 0 Å². The van der Waals surface area contributed by atoms with Crippen molar-refractivity contribution < 1.29 is 0 Å². The van der Waals surface area contributed by atoms with Crippen LogP contribution in [0.4, 0.5) is 17.1 Å². The van der Waals surface area contributed by atoms with Crippen LogP contribution < -0.4 is 4.90 Å². The third-order valence-electron chi connectivity index (χ3n) is 11.3. The van der Waals surface area contributed by atoms with Crippen molar-refractivity contribution in [2.24, 2.45) is 0 Å². The molecule has 0 atom stereocenters. The molecule has 2 aromatic heterocycles. The second kappa shape index (κ2) is 11.1. The van der Waals surface area contributed by atoms with Crippen molar-refractivity contribution >= 4 is 90.9 Å². The molecule has 52 heavy (non-hydrogen) atoms. The Labute approximate surface area is 310 Å². The van der Waals surface area contributed by atoms with Crippen LogP contribution in [0.15, 0.2) is 164 Å². The SMILES string of the molecule is CC1(C)c2ccccc2-c2c(N(c3ccc(-c4cccc5c4sc4ccc6ccccc6c45)cc3)c3ccc4c(c3)sc3ccccc34)cccc21. The van der Waals surface area contributed by atoms with E-state index in [1.54, 1.807) is 0 Å². The number of hydrogen-bond donors (Lipinski definition) is 0. The van der Waals surface area contributed by atoms with Gasteiger partial charge in [0.15, 0.2) is 0 Å². The molecule has 0 unspecified atom stereocenters. The van der Waals surface area contributed by atoms with Gasteiger partial charge < -0.3 is 4.90 Å². The van der Waals surface area contributed by atoms with Gasteiger partial charge in [0, 0.05) is 62.7 Å². The van der Waals surface area contributed by atoms with E-state index in [9.17, 15) is 0 Å². The van der Waals surface area contributed by atoms with Crippen LogP contribution in [0, 0.1) is 0 Å². The quantitative estimate of drug-likeness (QED) is 0.177. The summed E-state index contributed by atoms with van der Waals surface area (Å²) in [6, 6.07) is 61.0. The van der Waals surface area contributed by atoms with Gasteiger partial charge in [0.1, 0.15) is 0 Å². The molecule has 11 rings (SSSR count). The van der Waals surface area contributed by atoms with Crippen molar-refractivity contribution in [3.8, 4) is 22.3 Å². The van der Waals surface area contributed by atoms with Crippen LogP contribution in [0.5, 0.6) is 0 Å². The Morgan fingerprint density at radius 2 is 1.15 bits per heavy atom. The monoisotopic (exact) mass is 699 g/mol. The molecule has 0 radical (unpaired) electrons. The van der Waals surface area contributed by atoms with E-state index < -0.39 is 0 Å². The number of nitrogens with zero attached hydrogens (tertiary/aromatic N) is 1. The maximum absolute atomic E-state index is 2.48. The van der Waals surface area contributed by atoms with Gasteiger partial charge in [-0.25, -0.2) is 0 Å². The lowest BCUT2D eigenvalue weighted by atomic mass is 9.82. The molecule has 10 aromatic rings. The number of benzene rings is 8. The average molecular weight is 700 g/mol. The van der Waals surface area contributed by atoms with Gasteiger partial charge in [-0.3, -0.25) is 0 Å². The highest BCUT2D eigenvalue weighted by Crippen LogP contribution is 2.54. The van der Waals surface area contributed by atoms with Crippen LogP contribution in [0.25, 0.3) is 73.4 Å². The van der Waals surface area contributed by atoms with E-state index in [2.05, 4.69) is 183 Å². The second-order valence-electron chi connectivity index (χ2n) is 14.5. The molecule has 3 heteroatoms. The number of thiophene rings is 2. The van der Waals surface area contributed by atoms with Gasteiger partial charge in [0.2, 0.25) is 0 Å². The zero-order valence-corrected chi connectivity index (χ0v) is 30.5. The fourth-order valence-corrected chi connectivity index (χ4v) is 11.2. The molecule has 0 spiro atoms. The fourth-order valence-electron chi connectivity index (χ4n) is 8.79. The Hall–Kier alpha value is -5.74. The summed E-state index contributed by atoms with van der Waals surface area (Å²) in [6.45, 7) is 4.72. The molecule has 0 aliphatic heterocycles. The summed E-state index contributed by atoms with van der Waals surface area (Å²) in [5, 5.41) is 7.94. The third kappa shape index (κ3) is 4.27. The van der Waals surface area contributed by atoms with Crippen LogP contribution in [-0.4, -0.2) is 0 Å². The first kappa shape index (κ1) is 29.9. The Morgan fingerprint density at radius 1 is 0.462 bits per heavy atom. The van der Waals surface area contributed by atoms with E-state index in [1.165, 1.54) is 95.9 Å². The molecule has 1 aliphatic rings. The third-order valence-corrected chi connectivity index (χ3v) is 13.6. The average Bonchev–Trinajstić information content (AvgIpc) is 3.83. The van der Waals surface area contributed by atoms with Gasteiger partial charge >= 0.3 is 0 Å². The van der Waals surface area contributed by atoms with Crippen LogP contribution in [0.3, 0.4) is 0 Å². The maximum Gasteiger partial charge on any atom is 0.0543 e. The number of anilines is 3. The first-order valence-electron chi connectivity index (χ1n) is 17.9. The van der Waals surface area contributed by atoms with E-state index in [0.717, 1.165) is 5.69 Å². The number of rotatable bonds is 4. The Kier molecular flexibility index (Phi) is 6.41. The predicted molar refractivity (Wildman–Crippen MR) is 227 cm³/mol. The molecular formula is C49H33NS2. The minimum Gasteiger partial charge on any atom is -0.310 e. The highest BCUT2D eigenvalue weighted by molar-refractivity contribution is 7.26. The Bertz CT molecular complexity index is 3050. The Balaban J connectivity index is 1.10. The van der Waals surface area contributed by atoms with Gasteiger partial charge in [-0.05, 0) is 81.1 Å². The lowest BCUT2D eigenvalue weighted by Gasteiger charge is -2.29. The summed E-state index contributed by atoms with van der Waals surface area (Å²) in [4.78, 5) is 2.48. The number of hydrogen-bond acceptors (Lipinski definition) is 3. The predicted octanol–water partition coefficient (Wildman–Crippen LogP) is 15.0. The van der Waals surface area contributed by atoms with Gasteiger partial charge in [-0.1, -0.05) is 135 Å². The molecular weight excluding hydrogens is 667 g/mol. The van der Waals surface area contributed by atoms with Gasteiger partial charge in [0.25, 0.3) is 0 Å². The van der Waals surface area contributed by atoms with Crippen LogP contribution in [-0.2, 0) is 5.41 Å². The van der Waals surface area contributed by atoms with Crippen molar-refractivity contribution in [3.05, 3.63) is 175 Å². The second-order valence-corrected chi connectivity index (χ2v) is 16.6. The molecule has 0 amide bonds. The largest absolute Gasteiger partial charge is 0.310 e. The highest BCUT2D eigenvalue weighted by atomic mass is 32.1. The molecule has 0 bridgehead atoms. The zero-order valence-electron chi connectivity index (χ0n) is 28.9. The smallest absolute Gasteiger partial charge is 0.0543 e.